The largest absolute Gasteiger partial charge is 0.322 e. The molecule has 2 aromatic carbocycles. The summed E-state index contributed by atoms with van der Waals surface area (Å²) in [5.41, 5.74) is 4.25. The number of hydrogen-bond donors (Lipinski definition) is 1. The molecule has 30 heavy (non-hydrogen) atoms. The highest BCUT2D eigenvalue weighted by Gasteiger charge is 2.28. The van der Waals surface area contributed by atoms with E-state index in [1.54, 1.807) is 0 Å². The standard InChI is InChI=1S/C23H28Cl2N4O/c1-15-12-27(2)7-8-29(15)23(30)26-18-6-4-5-16(9-18)20-13-28(3)14-21-19(20)10-17(24)11-22(21)25/h4-6,9-11,15,20H,7-8,12-14H2,1-3H3,(H,26,30). The van der Waals surface area contributed by atoms with E-state index < -0.39 is 0 Å². The van der Waals surface area contributed by atoms with Crippen LogP contribution in [-0.2, 0) is 6.54 Å². The predicted octanol–water partition coefficient (Wildman–Crippen LogP) is 4.74. The van der Waals surface area contributed by atoms with Gasteiger partial charge in [0.2, 0.25) is 0 Å². The van der Waals surface area contributed by atoms with Crippen LogP contribution in [0.1, 0.15) is 29.5 Å². The van der Waals surface area contributed by atoms with Gasteiger partial charge in [0.15, 0.2) is 0 Å². The number of rotatable bonds is 2. The Morgan fingerprint density at radius 2 is 1.87 bits per heavy atom. The van der Waals surface area contributed by atoms with Crippen molar-refractivity contribution < 1.29 is 4.79 Å². The lowest BCUT2D eigenvalue weighted by molar-refractivity contribution is 0.125. The highest BCUT2D eigenvalue weighted by molar-refractivity contribution is 6.35. The monoisotopic (exact) mass is 446 g/mol. The van der Waals surface area contributed by atoms with Gasteiger partial charge in [-0.25, -0.2) is 4.79 Å². The third-order valence-corrected chi connectivity index (χ3v) is 6.68. The number of amides is 2. The molecule has 1 fully saturated rings. The van der Waals surface area contributed by atoms with Gasteiger partial charge in [0.25, 0.3) is 0 Å². The summed E-state index contributed by atoms with van der Waals surface area (Å²) in [4.78, 5) is 19.3. The zero-order valence-corrected chi connectivity index (χ0v) is 19.2. The molecule has 0 aromatic heterocycles. The van der Waals surface area contributed by atoms with Crippen LogP contribution >= 0.6 is 23.2 Å². The summed E-state index contributed by atoms with van der Waals surface area (Å²) in [6.45, 7) is 6.29. The Labute approximate surface area is 188 Å². The Kier molecular flexibility index (Phi) is 6.26. The fourth-order valence-electron chi connectivity index (χ4n) is 4.60. The summed E-state index contributed by atoms with van der Waals surface area (Å²) in [5.74, 6) is 0.148. The van der Waals surface area contributed by atoms with E-state index >= 15 is 0 Å². The van der Waals surface area contributed by atoms with E-state index in [4.69, 9.17) is 23.2 Å². The topological polar surface area (TPSA) is 38.8 Å². The summed E-state index contributed by atoms with van der Waals surface area (Å²) in [6.07, 6.45) is 0. The molecule has 0 aliphatic carbocycles. The number of halogens is 2. The Bertz CT molecular complexity index is 951. The van der Waals surface area contributed by atoms with Crippen LogP contribution in [-0.4, -0.2) is 67.0 Å². The summed E-state index contributed by atoms with van der Waals surface area (Å²) < 4.78 is 0. The van der Waals surface area contributed by atoms with E-state index in [0.717, 1.165) is 49.5 Å². The SMILES string of the molecule is CC1CN(C)CCN1C(=O)Nc1cccc(C2CN(C)Cc3c(Cl)cc(Cl)cc32)c1. The zero-order valence-electron chi connectivity index (χ0n) is 17.7. The predicted molar refractivity (Wildman–Crippen MR) is 124 cm³/mol. The van der Waals surface area contributed by atoms with Crippen LogP contribution in [0.3, 0.4) is 0 Å². The Morgan fingerprint density at radius 3 is 2.63 bits per heavy atom. The maximum Gasteiger partial charge on any atom is 0.322 e. The quantitative estimate of drug-likeness (QED) is 0.723. The average molecular weight is 447 g/mol. The molecule has 0 radical (unpaired) electrons. The molecule has 160 valence electrons. The molecule has 2 aromatic rings. The minimum atomic E-state index is -0.0417. The van der Waals surface area contributed by atoms with E-state index in [9.17, 15) is 4.79 Å². The van der Waals surface area contributed by atoms with Crippen LogP contribution in [0.15, 0.2) is 36.4 Å². The molecule has 2 aliphatic rings. The molecule has 2 atom stereocenters. The Morgan fingerprint density at radius 1 is 1.07 bits per heavy atom. The van der Waals surface area contributed by atoms with Crippen molar-refractivity contribution in [1.29, 1.82) is 0 Å². The smallest absolute Gasteiger partial charge is 0.319 e. The van der Waals surface area contributed by atoms with Crippen molar-refractivity contribution in [3.05, 3.63) is 63.1 Å². The van der Waals surface area contributed by atoms with Crippen LogP contribution in [0.4, 0.5) is 10.5 Å². The van der Waals surface area contributed by atoms with Gasteiger partial charge in [0.05, 0.1) is 0 Å². The van der Waals surface area contributed by atoms with Crippen LogP contribution in [0, 0.1) is 0 Å². The third kappa shape index (κ3) is 4.45. The third-order valence-electron chi connectivity index (χ3n) is 6.12. The fourth-order valence-corrected chi connectivity index (χ4v) is 5.17. The van der Waals surface area contributed by atoms with E-state index in [1.807, 2.05) is 29.2 Å². The molecule has 0 bridgehead atoms. The summed E-state index contributed by atoms with van der Waals surface area (Å²) in [6, 6.07) is 12.1. The minimum Gasteiger partial charge on any atom is -0.319 e. The zero-order chi connectivity index (χ0) is 21.4. The molecule has 0 saturated carbocycles. The second-order valence-corrected chi connectivity index (χ2v) is 9.41. The number of fused-ring (bicyclic) bond motifs is 1. The van der Waals surface area contributed by atoms with Crippen molar-refractivity contribution in [2.45, 2.75) is 25.4 Å². The number of benzene rings is 2. The first-order chi connectivity index (χ1) is 14.3. The first kappa shape index (κ1) is 21.4. The maximum absolute atomic E-state index is 12.9. The number of anilines is 1. The number of urea groups is 1. The molecule has 4 rings (SSSR count). The van der Waals surface area contributed by atoms with Gasteiger partial charge in [-0.15, -0.1) is 0 Å². The fraction of sp³-hybridized carbons (Fsp3) is 0.435. The Hall–Kier alpha value is -1.79. The second-order valence-electron chi connectivity index (χ2n) is 8.57. The number of carbonyl (C=O) groups excluding carboxylic acids is 1. The molecule has 0 spiro atoms. The van der Waals surface area contributed by atoms with Gasteiger partial charge in [0.1, 0.15) is 0 Å². The molecule has 2 unspecified atom stereocenters. The number of carbonyl (C=O) groups is 1. The number of nitrogens with zero attached hydrogens (tertiary/aromatic N) is 3. The molecule has 2 heterocycles. The van der Waals surface area contributed by atoms with Gasteiger partial charge in [-0.3, -0.25) is 0 Å². The van der Waals surface area contributed by atoms with E-state index in [0.29, 0.717) is 10.0 Å². The van der Waals surface area contributed by atoms with Crippen LogP contribution in [0.2, 0.25) is 10.0 Å². The average Bonchev–Trinajstić information content (AvgIpc) is 2.68. The second kappa shape index (κ2) is 8.75. The molecular formula is C23H28Cl2N4O. The minimum absolute atomic E-state index is 0.0417. The van der Waals surface area contributed by atoms with Crippen molar-refractivity contribution >= 4 is 34.9 Å². The van der Waals surface area contributed by atoms with Crippen molar-refractivity contribution in [2.75, 3.05) is 45.6 Å². The normalized spacial score (nSPS) is 22.6. The molecule has 1 saturated heterocycles. The van der Waals surface area contributed by atoms with Gasteiger partial charge >= 0.3 is 6.03 Å². The lowest BCUT2D eigenvalue weighted by Gasteiger charge is -2.38. The summed E-state index contributed by atoms with van der Waals surface area (Å²) in [7, 11) is 4.19. The van der Waals surface area contributed by atoms with Crippen molar-refractivity contribution in [2.24, 2.45) is 0 Å². The number of piperazine rings is 1. The van der Waals surface area contributed by atoms with Crippen LogP contribution in [0.25, 0.3) is 0 Å². The van der Waals surface area contributed by atoms with Gasteiger partial charge in [-0.2, -0.15) is 0 Å². The van der Waals surface area contributed by atoms with Crippen molar-refractivity contribution in [3.8, 4) is 0 Å². The molecule has 2 aliphatic heterocycles. The van der Waals surface area contributed by atoms with Crippen LogP contribution < -0.4 is 5.32 Å². The van der Waals surface area contributed by atoms with Gasteiger partial charge in [-0.05, 0) is 62.0 Å². The number of hydrogen-bond acceptors (Lipinski definition) is 3. The van der Waals surface area contributed by atoms with Crippen molar-refractivity contribution in [1.82, 2.24) is 14.7 Å². The first-order valence-electron chi connectivity index (χ1n) is 10.3. The van der Waals surface area contributed by atoms with Gasteiger partial charge < -0.3 is 20.0 Å². The summed E-state index contributed by atoms with van der Waals surface area (Å²) in [5, 5.41) is 4.46. The molecular weight excluding hydrogens is 419 g/mol. The van der Waals surface area contributed by atoms with Gasteiger partial charge in [-0.1, -0.05) is 35.3 Å². The van der Waals surface area contributed by atoms with E-state index in [-0.39, 0.29) is 18.0 Å². The van der Waals surface area contributed by atoms with Crippen LogP contribution in [0.5, 0.6) is 0 Å². The van der Waals surface area contributed by atoms with Crippen molar-refractivity contribution in [3.63, 3.8) is 0 Å². The molecule has 5 nitrogen and oxygen atoms in total. The highest BCUT2D eigenvalue weighted by Crippen LogP contribution is 2.38. The molecule has 2 amide bonds. The van der Waals surface area contributed by atoms with E-state index in [2.05, 4.69) is 48.3 Å². The van der Waals surface area contributed by atoms with Gasteiger partial charge in [0, 0.05) is 60.4 Å². The Balaban J connectivity index is 1.58. The molecule has 1 N–H and O–H groups in total. The molecule has 7 heteroatoms. The lowest BCUT2D eigenvalue weighted by atomic mass is 9.84. The number of likely N-dealkylation sites (N-methyl/N-ethyl adjacent to an activating group) is 2. The maximum atomic E-state index is 12.9. The van der Waals surface area contributed by atoms with E-state index in [1.165, 1.54) is 5.56 Å². The summed E-state index contributed by atoms with van der Waals surface area (Å²) >= 11 is 12.8. The highest BCUT2D eigenvalue weighted by atomic mass is 35.5. The lowest BCUT2D eigenvalue weighted by Crippen LogP contribution is -2.53. The first-order valence-corrected chi connectivity index (χ1v) is 11.1. The number of nitrogens with one attached hydrogen (secondary N) is 1.